The van der Waals surface area contributed by atoms with Crippen LogP contribution in [0.25, 0.3) is 0 Å². The maximum Gasteiger partial charge on any atom is 0.327 e. The van der Waals surface area contributed by atoms with E-state index in [9.17, 15) is 17.9 Å². The summed E-state index contributed by atoms with van der Waals surface area (Å²) >= 11 is 0. The number of phenolic OH excluding ortho intramolecular Hbond substituents is 1. The topological polar surface area (TPSA) is 69.6 Å². The number of hydrogen-bond donors (Lipinski definition) is 2. The van der Waals surface area contributed by atoms with Crippen LogP contribution in [0.5, 0.6) is 5.75 Å². The normalized spacial score (nSPS) is 23.0. The highest BCUT2D eigenvalue weighted by atomic mass is 32.2. The summed E-state index contributed by atoms with van der Waals surface area (Å²) in [5.41, 5.74) is 0.995. The van der Waals surface area contributed by atoms with Gasteiger partial charge in [0.25, 0.3) is 0 Å². The lowest BCUT2D eigenvalue weighted by atomic mass is 9.82. The van der Waals surface area contributed by atoms with Gasteiger partial charge in [0, 0.05) is 12.4 Å². The van der Waals surface area contributed by atoms with E-state index in [4.69, 9.17) is 0 Å². The first kappa shape index (κ1) is 14.2. The zero-order chi connectivity index (χ0) is 15.2. The average molecular weight is 312 g/mol. The van der Waals surface area contributed by atoms with Gasteiger partial charge in [-0.2, -0.15) is 8.42 Å². The summed E-state index contributed by atoms with van der Waals surface area (Å²) in [5.74, 6) is -0.591. The number of anilines is 1. The van der Waals surface area contributed by atoms with Crippen molar-refractivity contribution in [3.05, 3.63) is 35.4 Å². The van der Waals surface area contributed by atoms with Crippen molar-refractivity contribution in [2.24, 2.45) is 5.92 Å². The molecule has 2 N–H and O–H groups in total. The number of nitrogens with one attached hydrogen (secondary N) is 1. The first-order valence-electron chi connectivity index (χ1n) is 6.95. The van der Waals surface area contributed by atoms with Gasteiger partial charge in [-0.3, -0.25) is 4.72 Å². The van der Waals surface area contributed by atoms with Gasteiger partial charge >= 0.3 is 10.2 Å². The molecule has 21 heavy (non-hydrogen) atoms. The van der Waals surface area contributed by atoms with Crippen LogP contribution in [-0.4, -0.2) is 13.5 Å². The molecule has 0 bridgehead atoms. The molecule has 0 amide bonds. The van der Waals surface area contributed by atoms with E-state index in [1.54, 1.807) is 0 Å². The number of halogens is 1. The molecule has 1 aliphatic heterocycles. The van der Waals surface area contributed by atoms with Crippen molar-refractivity contribution < 1.29 is 17.9 Å². The zero-order valence-corrected chi connectivity index (χ0v) is 12.5. The van der Waals surface area contributed by atoms with Crippen molar-refractivity contribution in [3.63, 3.8) is 0 Å². The highest BCUT2D eigenvalue weighted by Crippen LogP contribution is 2.40. The maximum atomic E-state index is 14.8. The maximum absolute atomic E-state index is 14.8. The highest BCUT2D eigenvalue weighted by Gasteiger charge is 2.32. The molecule has 1 heterocycles. The Morgan fingerprint density at radius 2 is 2.29 bits per heavy atom. The van der Waals surface area contributed by atoms with Crippen LogP contribution in [-0.2, 0) is 23.1 Å². The number of phenols is 1. The minimum absolute atomic E-state index is 0.299. The first-order chi connectivity index (χ1) is 9.94. The molecule has 3 rings (SSSR count). The van der Waals surface area contributed by atoms with Crippen molar-refractivity contribution in [2.45, 2.75) is 32.6 Å². The van der Waals surface area contributed by atoms with Crippen molar-refractivity contribution >= 4 is 15.9 Å². The summed E-state index contributed by atoms with van der Waals surface area (Å²) in [6.07, 6.45) is 5.60. The molecule has 0 fully saturated rings. The molecular formula is C14H17FN2O3S. The van der Waals surface area contributed by atoms with Crippen LogP contribution in [0.15, 0.2) is 18.5 Å². The van der Waals surface area contributed by atoms with Gasteiger partial charge in [0.1, 0.15) is 11.4 Å². The van der Waals surface area contributed by atoms with Crippen LogP contribution in [0.4, 0.5) is 10.1 Å². The summed E-state index contributed by atoms with van der Waals surface area (Å²) < 4.78 is 41.3. The molecule has 0 saturated carbocycles. The summed E-state index contributed by atoms with van der Waals surface area (Å²) in [6.45, 7) is 2.06. The fourth-order valence-corrected chi connectivity index (χ4v) is 3.97. The molecule has 2 aliphatic rings. The van der Waals surface area contributed by atoms with Gasteiger partial charge in [-0.25, -0.2) is 8.70 Å². The van der Waals surface area contributed by atoms with Gasteiger partial charge in [0.15, 0.2) is 5.82 Å². The lowest BCUT2D eigenvalue weighted by Gasteiger charge is -2.27. The second-order valence-electron chi connectivity index (χ2n) is 5.45. The Hall–Kier alpha value is -1.76. The molecule has 114 valence electrons. The molecule has 7 heteroatoms. The van der Waals surface area contributed by atoms with Crippen molar-refractivity contribution in [1.82, 2.24) is 4.72 Å². The first-order valence-corrected chi connectivity index (χ1v) is 8.39. The SMILES string of the molecule is CCC1CCc2cc(O)c(N3C=CNS3(=O)=O)c(F)c2C1. The predicted octanol–water partition coefficient (Wildman–Crippen LogP) is 2.17. The van der Waals surface area contributed by atoms with Crippen molar-refractivity contribution in [3.8, 4) is 5.75 Å². The molecule has 1 aromatic carbocycles. The molecule has 0 aromatic heterocycles. The lowest BCUT2D eigenvalue weighted by molar-refractivity contribution is 0.423. The van der Waals surface area contributed by atoms with Crippen LogP contribution in [0.3, 0.4) is 0 Å². The van der Waals surface area contributed by atoms with Gasteiger partial charge in [0.05, 0.1) is 0 Å². The monoisotopic (exact) mass is 312 g/mol. The molecule has 1 atom stereocenters. The van der Waals surface area contributed by atoms with Crippen LogP contribution >= 0.6 is 0 Å². The van der Waals surface area contributed by atoms with Gasteiger partial charge in [-0.05, 0) is 42.4 Å². The Balaban J connectivity index is 2.13. The van der Waals surface area contributed by atoms with E-state index < -0.39 is 16.0 Å². The van der Waals surface area contributed by atoms with E-state index in [-0.39, 0.29) is 11.4 Å². The van der Waals surface area contributed by atoms with Crippen LogP contribution in [0.2, 0.25) is 0 Å². The molecule has 0 radical (unpaired) electrons. The molecule has 0 spiro atoms. The Morgan fingerprint density at radius 1 is 1.52 bits per heavy atom. The third-order valence-electron chi connectivity index (χ3n) is 4.21. The van der Waals surface area contributed by atoms with E-state index >= 15 is 0 Å². The van der Waals surface area contributed by atoms with Crippen LogP contribution in [0, 0.1) is 11.7 Å². The average Bonchev–Trinajstić information content (AvgIpc) is 2.78. The fourth-order valence-electron chi connectivity index (χ4n) is 2.98. The quantitative estimate of drug-likeness (QED) is 0.879. The Labute approximate surface area is 123 Å². The Kier molecular flexibility index (Phi) is 3.32. The fraction of sp³-hybridized carbons (Fsp3) is 0.429. The molecule has 1 aliphatic carbocycles. The summed E-state index contributed by atoms with van der Waals surface area (Å²) in [4.78, 5) is 0. The van der Waals surface area contributed by atoms with Gasteiger partial charge in [-0.1, -0.05) is 13.3 Å². The highest BCUT2D eigenvalue weighted by molar-refractivity contribution is 7.91. The predicted molar refractivity (Wildman–Crippen MR) is 77.5 cm³/mol. The second kappa shape index (κ2) is 4.91. The summed E-state index contributed by atoms with van der Waals surface area (Å²) in [5, 5.41) is 10.1. The second-order valence-corrected chi connectivity index (χ2v) is 7.03. The third-order valence-corrected chi connectivity index (χ3v) is 5.47. The number of hydrogen-bond acceptors (Lipinski definition) is 3. The number of benzene rings is 1. The smallest absolute Gasteiger partial charge is 0.327 e. The van der Waals surface area contributed by atoms with E-state index in [2.05, 4.69) is 11.6 Å². The molecule has 1 unspecified atom stereocenters. The van der Waals surface area contributed by atoms with Gasteiger partial charge in [0.2, 0.25) is 0 Å². The van der Waals surface area contributed by atoms with E-state index in [1.165, 1.54) is 18.5 Å². The molecular weight excluding hydrogens is 295 g/mol. The Morgan fingerprint density at radius 3 is 2.90 bits per heavy atom. The summed E-state index contributed by atoms with van der Waals surface area (Å²) in [6, 6.07) is 1.49. The summed E-state index contributed by atoms with van der Waals surface area (Å²) in [7, 11) is -3.86. The van der Waals surface area contributed by atoms with E-state index in [0.29, 0.717) is 24.3 Å². The Bertz CT molecular complexity index is 715. The third kappa shape index (κ3) is 2.25. The van der Waals surface area contributed by atoms with Gasteiger partial charge < -0.3 is 5.11 Å². The van der Waals surface area contributed by atoms with Crippen molar-refractivity contribution in [2.75, 3.05) is 4.31 Å². The minimum Gasteiger partial charge on any atom is -0.506 e. The van der Waals surface area contributed by atoms with E-state index in [1.807, 2.05) is 0 Å². The molecule has 0 saturated heterocycles. The van der Waals surface area contributed by atoms with Gasteiger partial charge in [-0.15, -0.1) is 0 Å². The molecule has 5 nitrogen and oxygen atoms in total. The lowest BCUT2D eigenvalue weighted by Crippen LogP contribution is -2.30. The standard InChI is InChI=1S/C14H17FN2O3S/c1-2-9-3-4-10-8-12(18)14(13(15)11(10)7-9)17-6-5-16-21(17,19)20/h5-6,8-9,16,18H,2-4,7H2,1H3. The number of fused-ring (bicyclic) bond motifs is 1. The van der Waals surface area contributed by atoms with Crippen molar-refractivity contribution in [1.29, 1.82) is 0 Å². The minimum atomic E-state index is -3.86. The molecule has 1 aromatic rings. The van der Waals surface area contributed by atoms with Crippen LogP contribution < -0.4 is 9.03 Å². The number of aromatic hydroxyl groups is 1. The van der Waals surface area contributed by atoms with E-state index in [0.717, 1.165) is 22.7 Å². The number of rotatable bonds is 2. The number of nitrogens with zero attached hydrogens (tertiary/aromatic N) is 1. The van der Waals surface area contributed by atoms with Crippen LogP contribution in [0.1, 0.15) is 30.9 Å². The zero-order valence-electron chi connectivity index (χ0n) is 11.6. The number of aryl methyl sites for hydroxylation is 1. The largest absolute Gasteiger partial charge is 0.506 e.